The van der Waals surface area contributed by atoms with Gasteiger partial charge in [-0.25, -0.2) is 4.39 Å². The topological polar surface area (TPSA) is 75.4 Å². The molecule has 3 N–H and O–H groups in total. The Morgan fingerprint density at radius 1 is 1.23 bits per heavy atom. The Hall–Kier alpha value is -2.25. The van der Waals surface area contributed by atoms with Crippen LogP contribution in [0.3, 0.4) is 0 Å². The van der Waals surface area contributed by atoms with Crippen LogP contribution in [0, 0.1) is 11.7 Å². The number of carbonyl (C=O) groups excluding carboxylic acids is 2. The molecule has 0 saturated carbocycles. The standard InChI is InChI=1S/C19H22FN3O2S/c20-15-5-3-13(4-6-15)18(16-2-1-11-26-16)22-17(24)12-23-9-7-14(8-10-23)19(21)25/h1-6,11,14,18H,7-10,12H2,(H2,21,25)(H,22,24)/t18-/m0/s1. The van der Waals surface area contributed by atoms with E-state index in [0.29, 0.717) is 25.9 Å². The molecule has 0 unspecified atom stereocenters. The molecule has 1 saturated heterocycles. The molecule has 0 radical (unpaired) electrons. The van der Waals surface area contributed by atoms with Gasteiger partial charge in [0.25, 0.3) is 0 Å². The summed E-state index contributed by atoms with van der Waals surface area (Å²) in [6.45, 7) is 1.64. The summed E-state index contributed by atoms with van der Waals surface area (Å²) in [6, 6.07) is 9.77. The lowest BCUT2D eigenvalue weighted by Crippen LogP contribution is -2.44. The molecule has 2 aromatic rings. The van der Waals surface area contributed by atoms with E-state index in [1.807, 2.05) is 22.4 Å². The summed E-state index contributed by atoms with van der Waals surface area (Å²) in [5.41, 5.74) is 6.19. The van der Waals surface area contributed by atoms with Crippen LogP contribution in [0.5, 0.6) is 0 Å². The number of amides is 2. The molecule has 3 rings (SSSR count). The number of benzene rings is 1. The summed E-state index contributed by atoms with van der Waals surface area (Å²) in [5, 5.41) is 5.00. The van der Waals surface area contributed by atoms with Crippen LogP contribution in [0.25, 0.3) is 0 Å². The number of halogens is 1. The summed E-state index contributed by atoms with van der Waals surface area (Å²) >= 11 is 1.55. The van der Waals surface area contributed by atoms with Crippen LogP contribution in [0.1, 0.15) is 29.3 Å². The van der Waals surface area contributed by atoms with Crippen molar-refractivity contribution in [2.45, 2.75) is 18.9 Å². The molecule has 5 nitrogen and oxygen atoms in total. The second kappa shape index (κ2) is 8.42. The average molecular weight is 375 g/mol. The molecular weight excluding hydrogens is 353 g/mol. The molecule has 1 aliphatic rings. The number of nitrogens with one attached hydrogen (secondary N) is 1. The van der Waals surface area contributed by atoms with E-state index < -0.39 is 0 Å². The molecule has 0 bridgehead atoms. The largest absolute Gasteiger partial charge is 0.369 e. The van der Waals surface area contributed by atoms with Gasteiger partial charge in [0.15, 0.2) is 0 Å². The Morgan fingerprint density at radius 2 is 1.92 bits per heavy atom. The van der Waals surface area contributed by atoms with Crippen molar-refractivity contribution in [3.63, 3.8) is 0 Å². The smallest absolute Gasteiger partial charge is 0.234 e. The maximum atomic E-state index is 13.2. The minimum absolute atomic E-state index is 0.0904. The van der Waals surface area contributed by atoms with Crippen LogP contribution < -0.4 is 11.1 Å². The van der Waals surface area contributed by atoms with Gasteiger partial charge in [0.05, 0.1) is 12.6 Å². The molecule has 7 heteroatoms. The van der Waals surface area contributed by atoms with Gasteiger partial charge >= 0.3 is 0 Å². The first-order valence-corrected chi connectivity index (χ1v) is 9.51. The van der Waals surface area contributed by atoms with Crippen LogP contribution in [-0.4, -0.2) is 36.3 Å². The molecule has 2 amide bonds. The number of nitrogens with two attached hydrogens (primary N) is 1. The molecule has 26 heavy (non-hydrogen) atoms. The quantitative estimate of drug-likeness (QED) is 0.813. The number of nitrogens with zero attached hydrogens (tertiary/aromatic N) is 1. The second-order valence-corrected chi connectivity index (χ2v) is 7.50. The van der Waals surface area contributed by atoms with E-state index in [1.165, 1.54) is 12.1 Å². The average Bonchev–Trinajstić information content (AvgIpc) is 3.15. The SMILES string of the molecule is NC(=O)C1CCN(CC(=O)N[C@@H](c2ccc(F)cc2)c2cccs2)CC1. The number of carbonyl (C=O) groups is 2. The van der Waals surface area contributed by atoms with Gasteiger partial charge in [0.1, 0.15) is 5.82 Å². The van der Waals surface area contributed by atoms with Gasteiger partial charge < -0.3 is 11.1 Å². The predicted molar refractivity (Wildman–Crippen MR) is 99.1 cm³/mol. The van der Waals surface area contributed by atoms with Gasteiger partial charge in [-0.15, -0.1) is 11.3 Å². The van der Waals surface area contributed by atoms with Crippen LogP contribution in [0.4, 0.5) is 4.39 Å². The highest BCUT2D eigenvalue weighted by Gasteiger charge is 2.25. The zero-order valence-corrected chi connectivity index (χ0v) is 15.2. The van der Waals surface area contributed by atoms with E-state index in [4.69, 9.17) is 5.73 Å². The van der Waals surface area contributed by atoms with Gasteiger partial charge in [-0.3, -0.25) is 14.5 Å². The summed E-state index contributed by atoms with van der Waals surface area (Å²) in [5.74, 6) is -0.747. The number of primary amides is 1. The monoisotopic (exact) mass is 375 g/mol. The Kier molecular flexibility index (Phi) is 6.00. The number of rotatable bonds is 6. The van der Waals surface area contributed by atoms with Crippen molar-refractivity contribution in [3.8, 4) is 0 Å². The van der Waals surface area contributed by atoms with Crippen molar-refractivity contribution in [1.82, 2.24) is 10.2 Å². The Labute approximate surface area is 156 Å². The van der Waals surface area contributed by atoms with Crippen LogP contribution in [0.2, 0.25) is 0 Å². The summed E-state index contributed by atoms with van der Waals surface area (Å²) in [4.78, 5) is 26.8. The van der Waals surface area contributed by atoms with E-state index in [2.05, 4.69) is 5.32 Å². The summed E-state index contributed by atoms with van der Waals surface area (Å²) < 4.78 is 13.2. The third-order valence-corrected chi connectivity index (χ3v) is 5.63. The number of hydrogen-bond acceptors (Lipinski definition) is 4. The normalized spacial score (nSPS) is 17.0. The Balaban J connectivity index is 1.63. The molecule has 138 valence electrons. The van der Waals surface area contributed by atoms with E-state index in [9.17, 15) is 14.0 Å². The molecule has 1 aromatic carbocycles. The predicted octanol–water partition coefficient (Wildman–Crippen LogP) is 2.29. The van der Waals surface area contributed by atoms with Gasteiger partial charge in [0, 0.05) is 10.8 Å². The lowest BCUT2D eigenvalue weighted by Gasteiger charge is -2.30. The van der Waals surface area contributed by atoms with Crippen molar-refractivity contribution >= 4 is 23.2 Å². The lowest BCUT2D eigenvalue weighted by molar-refractivity contribution is -0.124. The maximum Gasteiger partial charge on any atom is 0.234 e. The van der Waals surface area contributed by atoms with Gasteiger partial charge in [-0.1, -0.05) is 18.2 Å². The van der Waals surface area contributed by atoms with E-state index >= 15 is 0 Å². The first kappa shape index (κ1) is 18.5. The van der Waals surface area contributed by atoms with Crippen molar-refractivity contribution < 1.29 is 14.0 Å². The van der Waals surface area contributed by atoms with Gasteiger partial charge in [-0.2, -0.15) is 0 Å². The third-order valence-electron chi connectivity index (χ3n) is 4.69. The first-order valence-electron chi connectivity index (χ1n) is 8.63. The third kappa shape index (κ3) is 4.68. The molecule has 2 heterocycles. The molecule has 0 spiro atoms. The number of thiophene rings is 1. The maximum absolute atomic E-state index is 13.2. The zero-order valence-electron chi connectivity index (χ0n) is 14.4. The van der Waals surface area contributed by atoms with Gasteiger partial charge in [0.2, 0.25) is 11.8 Å². The fourth-order valence-electron chi connectivity index (χ4n) is 3.21. The number of hydrogen-bond donors (Lipinski definition) is 2. The molecule has 0 aliphatic carbocycles. The number of likely N-dealkylation sites (tertiary alicyclic amines) is 1. The lowest BCUT2D eigenvalue weighted by atomic mass is 9.96. The Morgan fingerprint density at radius 3 is 2.50 bits per heavy atom. The fourth-order valence-corrected chi connectivity index (χ4v) is 4.02. The summed E-state index contributed by atoms with van der Waals surface area (Å²) in [6.07, 6.45) is 1.38. The highest BCUT2D eigenvalue weighted by molar-refractivity contribution is 7.10. The summed E-state index contributed by atoms with van der Waals surface area (Å²) in [7, 11) is 0. The van der Waals surface area contributed by atoms with Crippen molar-refractivity contribution in [3.05, 3.63) is 58.0 Å². The van der Waals surface area contributed by atoms with E-state index in [-0.39, 0.29) is 36.1 Å². The Bertz CT molecular complexity index is 741. The van der Waals surface area contributed by atoms with Crippen molar-refractivity contribution in [2.24, 2.45) is 11.7 Å². The molecule has 1 aromatic heterocycles. The molecular formula is C19H22FN3O2S. The van der Waals surface area contributed by atoms with Gasteiger partial charge in [-0.05, 0) is 55.1 Å². The van der Waals surface area contributed by atoms with E-state index in [0.717, 1.165) is 10.4 Å². The fraction of sp³-hybridized carbons (Fsp3) is 0.368. The highest BCUT2D eigenvalue weighted by Crippen LogP contribution is 2.26. The molecule has 1 aliphatic heterocycles. The molecule has 1 atom stereocenters. The van der Waals surface area contributed by atoms with Crippen LogP contribution in [-0.2, 0) is 9.59 Å². The first-order chi connectivity index (χ1) is 12.5. The molecule has 1 fully saturated rings. The highest BCUT2D eigenvalue weighted by atomic mass is 32.1. The number of piperidine rings is 1. The van der Waals surface area contributed by atoms with Crippen molar-refractivity contribution in [2.75, 3.05) is 19.6 Å². The van der Waals surface area contributed by atoms with Crippen molar-refractivity contribution in [1.29, 1.82) is 0 Å². The van der Waals surface area contributed by atoms with E-state index in [1.54, 1.807) is 23.5 Å². The van der Waals surface area contributed by atoms with Crippen LogP contribution >= 0.6 is 11.3 Å². The minimum atomic E-state index is -0.303. The minimum Gasteiger partial charge on any atom is -0.369 e. The van der Waals surface area contributed by atoms with Crippen LogP contribution in [0.15, 0.2) is 41.8 Å². The second-order valence-electron chi connectivity index (χ2n) is 6.52. The zero-order chi connectivity index (χ0) is 18.5.